The number of nitrogens with zero attached hydrogens (tertiary/aromatic N) is 2. The number of para-hydroxylation sites is 1. The molecule has 1 aromatic carbocycles. The summed E-state index contributed by atoms with van der Waals surface area (Å²) in [5.74, 6) is 0.650. The van der Waals surface area contributed by atoms with Crippen LogP contribution in [0.25, 0.3) is 0 Å². The summed E-state index contributed by atoms with van der Waals surface area (Å²) >= 11 is 5.25. The molecule has 0 radical (unpaired) electrons. The summed E-state index contributed by atoms with van der Waals surface area (Å²) in [7, 11) is 0. The predicted molar refractivity (Wildman–Crippen MR) is 82.4 cm³/mol. The van der Waals surface area contributed by atoms with Crippen molar-refractivity contribution in [3.63, 3.8) is 0 Å². The molecule has 3 saturated heterocycles. The minimum absolute atomic E-state index is 0.551. The van der Waals surface area contributed by atoms with Crippen molar-refractivity contribution in [2.75, 3.05) is 25.0 Å². The minimum atomic E-state index is 0.551. The Morgan fingerprint density at radius 2 is 1.95 bits per heavy atom. The summed E-state index contributed by atoms with van der Waals surface area (Å²) < 4.78 is 0. The van der Waals surface area contributed by atoms with Crippen LogP contribution >= 0.6 is 12.2 Å². The zero-order valence-corrected chi connectivity index (χ0v) is 11.6. The zero-order chi connectivity index (χ0) is 13.1. The van der Waals surface area contributed by atoms with E-state index in [0.29, 0.717) is 11.0 Å². The Hall–Kier alpha value is -1.46. The first-order valence-electron chi connectivity index (χ1n) is 6.72. The molecule has 2 bridgehead atoms. The van der Waals surface area contributed by atoms with E-state index in [2.05, 4.69) is 20.7 Å². The van der Waals surface area contributed by atoms with Crippen LogP contribution in [0.15, 0.2) is 35.4 Å². The van der Waals surface area contributed by atoms with E-state index >= 15 is 0 Å². The SMILES string of the molecule is S=C(N/N=C1\CN2CCC1CC2)Nc1ccccc1. The van der Waals surface area contributed by atoms with Crippen LogP contribution in [-0.4, -0.2) is 35.4 Å². The van der Waals surface area contributed by atoms with Crippen molar-refractivity contribution in [3.05, 3.63) is 30.3 Å². The predicted octanol–water partition coefficient (Wildman–Crippen LogP) is 2.05. The molecule has 0 aliphatic carbocycles. The van der Waals surface area contributed by atoms with E-state index in [1.807, 2.05) is 30.3 Å². The third-order valence-electron chi connectivity index (χ3n) is 3.78. The van der Waals surface area contributed by atoms with Crippen molar-refractivity contribution < 1.29 is 0 Å². The number of hydrogen-bond acceptors (Lipinski definition) is 3. The molecule has 0 saturated carbocycles. The average molecular weight is 274 g/mol. The summed E-state index contributed by atoms with van der Waals surface area (Å²) in [6.45, 7) is 3.43. The highest BCUT2D eigenvalue weighted by Gasteiger charge is 2.30. The van der Waals surface area contributed by atoms with Crippen molar-refractivity contribution in [3.8, 4) is 0 Å². The van der Waals surface area contributed by atoms with Gasteiger partial charge in [-0.2, -0.15) is 5.10 Å². The fourth-order valence-electron chi connectivity index (χ4n) is 2.71. The van der Waals surface area contributed by atoms with E-state index in [-0.39, 0.29) is 0 Å². The molecule has 0 spiro atoms. The molecule has 1 aromatic rings. The molecule has 0 unspecified atom stereocenters. The average Bonchev–Trinajstić information content (AvgIpc) is 2.47. The number of hydrazone groups is 1. The number of nitrogens with one attached hydrogen (secondary N) is 2. The lowest BCUT2D eigenvalue weighted by atomic mass is 9.87. The molecule has 19 heavy (non-hydrogen) atoms. The maximum atomic E-state index is 5.25. The highest BCUT2D eigenvalue weighted by molar-refractivity contribution is 7.80. The second-order valence-electron chi connectivity index (χ2n) is 5.09. The summed E-state index contributed by atoms with van der Waals surface area (Å²) in [4.78, 5) is 2.45. The lowest BCUT2D eigenvalue weighted by molar-refractivity contribution is 0.200. The Morgan fingerprint density at radius 3 is 2.58 bits per heavy atom. The van der Waals surface area contributed by atoms with E-state index in [1.54, 1.807) is 0 Å². The van der Waals surface area contributed by atoms with Gasteiger partial charge in [-0.25, -0.2) is 0 Å². The second-order valence-corrected chi connectivity index (χ2v) is 5.49. The molecule has 100 valence electrons. The lowest BCUT2D eigenvalue weighted by Crippen LogP contribution is -2.48. The van der Waals surface area contributed by atoms with Crippen molar-refractivity contribution in [1.82, 2.24) is 10.3 Å². The molecule has 3 heterocycles. The van der Waals surface area contributed by atoms with Crippen LogP contribution in [0.1, 0.15) is 12.8 Å². The quantitative estimate of drug-likeness (QED) is 0.640. The number of thiocarbonyl (C=S) groups is 1. The van der Waals surface area contributed by atoms with E-state index in [0.717, 1.165) is 12.2 Å². The van der Waals surface area contributed by atoms with Gasteiger partial charge in [-0.05, 0) is 50.3 Å². The third kappa shape index (κ3) is 3.11. The van der Waals surface area contributed by atoms with Crippen LogP contribution < -0.4 is 10.7 Å². The fourth-order valence-corrected chi connectivity index (χ4v) is 2.88. The molecule has 3 aliphatic heterocycles. The molecule has 4 nitrogen and oxygen atoms in total. The van der Waals surface area contributed by atoms with Crippen LogP contribution in [0.3, 0.4) is 0 Å². The van der Waals surface area contributed by atoms with Gasteiger partial charge >= 0.3 is 0 Å². The van der Waals surface area contributed by atoms with E-state index in [4.69, 9.17) is 12.2 Å². The van der Waals surface area contributed by atoms with Gasteiger partial charge in [0.25, 0.3) is 0 Å². The minimum Gasteiger partial charge on any atom is -0.331 e. The van der Waals surface area contributed by atoms with Gasteiger partial charge in [-0.15, -0.1) is 0 Å². The number of piperidine rings is 3. The number of benzene rings is 1. The maximum Gasteiger partial charge on any atom is 0.191 e. The van der Waals surface area contributed by atoms with Gasteiger partial charge in [-0.3, -0.25) is 10.3 Å². The molecule has 4 rings (SSSR count). The van der Waals surface area contributed by atoms with Crippen molar-refractivity contribution in [2.45, 2.75) is 12.8 Å². The molecule has 0 aromatic heterocycles. The molecule has 3 aliphatic rings. The normalized spacial score (nSPS) is 27.3. The fraction of sp³-hybridized carbons (Fsp3) is 0.429. The Kier molecular flexibility index (Phi) is 3.75. The van der Waals surface area contributed by atoms with Gasteiger partial charge in [0.2, 0.25) is 0 Å². The Labute approximate surface area is 118 Å². The molecular weight excluding hydrogens is 256 g/mol. The molecule has 5 heteroatoms. The number of fused-ring (bicyclic) bond motifs is 3. The zero-order valence-electron chi connectivity index (χ0n) is 10.8. The summed E-state index contributed by atoms with van der Waals surface area (Å²) in [6.07, 6.45) is 2.47. The van der Waals surface area contributed by atoms with Crippen molar-refractivity contribution >= 4 is 28.7 Å². The van der Waals surface area contributed by atoms with Crippen LogP contribution in [0.2, 0.25) is 0 Å². The summed E-state index contributed by atoms with van der Waals surface area (Å²) in [6, 6.07) is 9.90. The van der Waals surface area contributed by atoms with Crippen molar-refractivity contribution in [2.24, 2.45) is 11.0 Å². The van der Waals surface area contributed by atoms with Crippen molar-refractivity contribution in [1.29, 1.82) is 0 Å². The first-order chi connectivity index (χ1) is 9.31. The van der Waals surface area contributed by atoms with E-state index < -0.39 is 0 Å². The lowest BCUT2D eigenvalue weighted by Gasteiger charge is -2.39. The third-order valence-corrected chi connectivity index (χ3v) is 3.97. The Morgan fingerprint density at radius 1 is 1.21 bits per heavy atom. The van der Waals surface area contributed by atoms with Gasteiger partial charge in [0, 0.05) is 18.2 Å². The number of anilines is 1. The molecule has 2 N–H and O–H groups in total. The highest BCUT2D eigenvalue weighted by Crippen LogP contribution is 2.24. The van der Waals surface area contributed by atoms with Gasteiger partial charge in [-0.1, -0.05) is 18.2 Å². The first kappa shape index (κ1) is 12.6. The standard InChI is InChI=1S/C14H18N4S/c19-14(15-12-4-2-1-3-5-12)17-16-13-10-18-8-6-11(13)7-9-18/h1-5,11H,6-10H2,(H2,15,17,19)/b16-13+. The first-order valence-corrected chi connectivity index (χ1v) is 7.13. The van der Waals surface area contributed by atoms with E-state index in [1.165, 1.54) is 31.6 Å². The van der Waals surface area contributed by atoms with Crippen LogP contribution in [0.5, 0.6) is 0 Å². The van der Waals surface area contributed by atoms with Gasteiger partial charge in [0.15, 0.2) is 5.11 Å². The smallest absolute Gasteiger partial charge is 0.191 e. The van der Waals surface area contributed by atoms with E-state index in [9.17, 15) is 0 Å². The monoisotopic (exact) mass is 274 g/mol. The van der Waals surface area contributed by atoms with Gasteiger partial charge < -0.3 is 5.32 Å². The molecular formula is C14H18N4S. The largest absolute Gasteiger partial charge is 0.331 e. The molecule has 3 fully saturated rings. The highest BCUT2D eigenvalue weighted by atomic mass is 32.1. The Balaban J connectivity index is 1.56. The van der Waals surface area contributed by atoms with Gasteiger partial charge in [0.1, 0.15) is 0 Å². The molecule has 0 atom stereocenters. The van der Waals surface area contributed by atoms with Crippen LogP contribution in [0, 0.1) is 5.92 Å². The number of rotatable bonds is 2. The maximum absolute atomic E-state index is 5.25. The number of hydrogen-bond donors (Lipinski definition) is 2. The van der Waals surface area contributed by atoms with Crippen LogP contribution in [-0.2, 0) is 0 Å². The topological polar surface area (TPSA) is 39.7 Å². The summed E-state index contributed by atoms with van der Waals surface area (Å²) in [5, 5.41) is 8.16. The summed E-state index contributed by atoms with van der Waals surface area (Å²) in [5.41, 5.74) is 5.19. The van der Waals surface area contributed by atoms with Crippen LogP contribution in [0.4, 0.5) is 5.69 Å². The molecule has 0 amide bonds. The second kappa shape index (κ2) is 5.67. The Bertz CT molecular complexity index is 477. The van der Waals surface area contributed by atoms with Gasteiger partial charge in [0.05, 0.1) is 5.71 Å².